The summed E-state index contributed by atoms with van der Waals surface area (Å²) in [5, 5.41) is 3.81. The summed E-state index contributed by atoms with van der Waals surface area (Å²) >= 11 is 0. The molecule has 0 aliphatic rings. The molecule has 0 amide bonds. The maximum absolute atomic E-state index is 3.81. The maximum atomic E-state index is 3.81. The predicted molar refractivity (Wildman–Crippen MR) is 88.7 cm³/mol. The number of rotatable bonds is 12. The fraction of sp³-hybridized carbons (Fsp3) is 1.00. The Morgan fingerprint density at radius 3 is 2.21 bits per heavy atom. The second-order valence-corrected chi connectivity index (χ2v) is 7.06. The molecule has 0 aromatic carbocycles. The van der Waals surface area contributed by atoms with Crippen molar-refractivity contribution in [2.24, 2.45) is 11.3 Å². The Kier molecular flexibility index (Phi) is 10.7. The zero-order valence-corrected chi connectivity index (χ0v) is 14.5. The third-order valence-electron chi connectivity index (χ3n) is 4.84. The zero-order valence-electron chi connectivity index (χ0n) is 14.5. The summed E-state index contributed by atoms with van der Waals surface area (Å²) in [4.78, 5) is 0. The number of hydrogen-bond donors (Lipinski definition) is 1. The molecule has 19 heavy (non-hydrogen) atoms. The molecule has 0 fully saturated rings. The minimum absolute atomic E-state index is 0.540. The van der Waals surface area contributed by atoms with Gasteiger partial charge in [0.25, 0.3) is 0 Å². The van der Waals surface area contributed by atoms with Crippen LogP contribution in [0, 0.1) is 11.3 Å². The minimum atomic E-state index is 0.540. The van der Waals surface area contributed by atoms with Crippen molar-refractivity contribution in [3.05, 3.63) is 0 Å². The van der Waals surface area contributed by atoms with E-state index in [0.717, 1.165) is 12.0 Å². The van der Waals surface area contributed by atoms with Gasteiger partial charge in [-0.25, -0.2) is 0 Å². The second-order valence-electron chi connectivity index (χ2n) is 7.06. The lowest BCUT2D eigenvalue weighted by Crippen LogP contribution is -2.35. The smallest absolute Gasteiger partial charge is 0.00925 e. The SMILES string of the molecule is CCCCC(NCCCCC(C)(C)CC)C(C)CC. The van der Waals surface area contributed by atoms with Crippen molar-refractivity contribution >= 4 is 0 Å². The molecule has 0 heterocycles. The first-order valence-electron chi connectivity index (χ1n) is 8.70. The highest BCUT2D eigenvalue weighted by Gasteiger charge is 2.16. The lowest BCUT2D eigenvalue weighted by Gasteiger charge is -2.25. The van der Waals surface area contributed by atoms with Gasteiger partial charge in [-0.05, 0) is 37.1 Å². The van der Waals surface area contributed by atoms with E-state index in [1.54, 1.807) is 0 Å². The Bertz CT molecular complexity index is 198. The van der Waals surface area contributed by atoms with Crippen molar-refractivity contribution in [1.82, 2.24) is 5.32 Å². The standard InChI is InChI=1S/C18H39N/c1-7-10-13-17(16(4)8-2)19-15-12-11-14-18(5,6)9-3/h16-17,19H,7-15H2,1-6H3. The van der Waals surface area contributed by atoms with Crippen molar-refractivity contribution in [2.45, 2.75) is 99.0 Å². The molecular weight excluding hydrogens is 230 g/mol. The Hall–Kier alpha value is -0.0400. The van der Waals surface area contributed by atoms with Gasteiger partial charge in [-0.15, -0.1) is 0 Å². The molecule has 0 saturated carbocycles. The van der Waals surface area contributed by atoms with Crippen LogP contribution in [-0.4, -0.2) is 12.6 Å². The van der Waals surface area contributed by atoms with E-state index in [4.69, 9.17) is 0 Å². The van der Waals surface area contributed by atoms with Crippen LogP contribution in [0.5, 0.6) is 0 Å². The monoisotopic (exact) mass is 269 g/mol. The first-order valence-corrected chi connectivity index (χ1v) is 8.70. The molecule has 1 nitrogen and oxygen atoms in total. The van der Waals surface area contributed by atoms with E-state index in [1.807, 2.05) is 0 Å². The molecule has 0 bridgehead atoms. The first-order chi connectivity index (χ1) is 8.96. The lowest BCUT2D eigenvalue weighted by atomic mass is 9.85. The van der Waals surface area contributed by atoms with Crippen molar-refractivity contribution in [2.75, 3.05) is 6.54 Å². The quantitative estimate of drug-likeness (QED) is 0.442. The van der Waals surface area contributed by atoms with E-state index >= 15 is 0 Å². The van der Waals surface area contributed by atoms with Crippen LogP contribution in [-0.2, 0) is 0 Å². The van der Waals surface area contributed by atoms with E-state index in [1.165, 1.54) is 57.9 Å². The van der Waals surface area contributed by atoms with Gasteiger partial charge in [0.2, 0.25) is 0 Å². The minimum Gasteiger partial charge on any atom is -0.314 e. The van der Waals surface area contributed by atoms with Gasteiger partial charge in [-0.1, -0.05) is 73.6 Å². The van der Waals surface area contributed by atoms with E-state index in [2.05, 4.69) is 46.9 Å². The molecule has 0 rings (SSSR count). The molecule has 0 aliphatic heterocycles. The van der Waals surface area contributed by atoms with Crippen LogP contribution in [0.25, 0.3) is 0 Å². The summed E-state index contributed by atoms with van der Waals surface area (Å²) in [7, 11) is 0. The highest BCUT2D eigenvalue weighted by molar-refractivity contribution is 4.73. The third-order valence-corrected chi connectivity index (χ3v) is 4.84. The van der Waals surface area contributed by atoms with Crippen LogP contribution in [0.1, 0.15) is 92.9 Å². The maximum Gasteiger partial charge on any atom is 0.00925 e. The van der Waals surface area contributed by atoms with Crippen LogP contribution in [0.2, 0.25) is 0 Å². The molecule has 0 aromatic heterocycles. The summed E-state index contributed by atoms with van der Waals surface area (Å²) in [6, 6.07) is 0.740. The van der Waals surface area contributed by atoms with Crippen LogP contribution >= 0.6 is 0 Å². The Labute approximate surface area is 122 Å². The molecule has 2 atom stereocenters. The molecule has 116 valence electrons. The summed E-state index contributed by atoms with van der Waals surface area (Å²) in [6.45, 7) is 15.3. The summed E-state index contributed by atoms with van der Waals surface area (Å²) in [5.41, 5.74) is 0.540. The zero-order chi connectivity index (χ0) is 14.7. The predicted octanol–water partition coefficient (Wildman–Crippen LogP) is 5.79. The van der Waals surface area contributed by atoms with Crippen molar-refractivity contribution in [1.29, 1.82) is 0 Å². The molecular formula is C18H39N. The van der Waals surface area contributed by atoms with Crippen LogP contribution < -0.4 is 5.32 Å². The normalized spacial score (nSPS) is 15.5. The van der Waals surface area contributed by atoms with Gasteiger partial charge in [0, 0.05) is 6.04 Å². The van der Waals surface area contributed by atoms with E-state index in [-0.39, 0.29) is 0 Å². The number of nitrogens with one attached hydrogen (secondary N) is 1. The summed E-state index contributed by atoms with van der Waals surface area (Å²) < 4.78 is 0. The van der Waals surface area contributed by atoms with E-state index in [9.17, 15) is 0 Å². The first kappa shape index (κ1) is 19.0. The molecule has 0 radical (unpaired) electrons. The fourth-order valence-electron chi connectivity index (χ4n) is 2.49. The molecule has 0 saturated heterocycles. The van der Waals surface area contributed by atoms with Crippen molar-refractivity contribution < 1.29 is 0 Å². The van der Waals surface area contributed by atoms with Crippen molar-refractivity contribution in [3.8, 4) is 0 Å². The summed E-state index contributed by atoms with van der Waals surface area (Å²) in [5.74, 6) is 0.818. The molecule has 0 aliphatic carbocycles. The summed E-state index contributed by atoms with van der Waals surface area (Å²) in [6.07, 6.45) is 10.7. The molecule has 1 N–H and O–H groups in total. The van der Waals surface area contributed by atoms with E-state index < -0.39 is 0 Å². The number of unbranched alkanes of at least 4 members (excludes halogenated alkanes) is 2. The van der Waals surface area contributed by atoms with Gasteiger partial charge in [0.15, 0.2) is 0 Å². The average Bonchev–Trinajstić information content (AvgIpc) is 2.40. The fourth-order valence-corrected chi connectivity index (χ4v) is 2.49. The van der Waals surface area contributed by atoms with Crippen molar-refractivity contribution in [3.63, 3.8) is 0 Å². The topological polar surface area (TPSA) is 12.0 Å². The van der Waals surface area contributed by atoms with Gasteiger partial charge in [0.05, 0.1) is 0 Å². The van der Waals surface area contributed by atoms with Crippen LogP contribution in [0.4, 0.5) is 0 Å². The molecule has 0 aromatic rings. The highest BCUT2D eigenvalue weighted by atomic mass is 14.9. The largest absolute Gasteiger partial charge is 0.314 e. The molecule has 1 heteroatoms. The van der Waals surface area contributed by atoms with Crippen LogP contribution in [0.3, 0.4) is 0 Å². The van der Waals surface area contributed by atoms with Crippen LogP contribution in [0.15, 0.2) is 0 Å². The highest BCUT2D eigenvalue weighted by Crippen LogP contribution is 2.26. The Balaban J connectivity index is 3.80. The van der Waals surface area contributed by atoms with Gasteiger partial charge < -0.3 is 5.32 Å². The Morgan fingerprint density at radius 1 is 1.00 bits per heavy atom. The number of hydrogen-bond acceptors (Lipinski definition) is 1. The van der Waals surface area contributed by atoms with Gasteiger partial charge in [-0.3, -0.25) is 0 Å². The van der Waals surface area contributed by atoms with Gasteiger partial charge >= 0.3 is 0 Å². The Morgan fingerprint density at radius 2 is 1.68 bits per heavy atom. The van der Waals surface area contributed by atoms with Gasteiger partial charge in [-0.2, -0.15) is 0 Å². The molecule has 0 spiro atoms. The molecule has 2 unspecified atom stereocenters. The second kappa shape index (κ2) is 10.7. The third kappa shape index (κ3) is 9.49. The average molecular weight is 270 g/mol. The lowest BCUT2D eigenvalue weighted by molar-refractivity contribution is 0.299. The van der Waals surface area contributed by atoms with Gasteiger partial charge in [0.1, 0.15) is 0 Å². The van der Waals surface area contributed by atoms with E-state index in [0.29, 0.717) is 5.41 Å².